The maximum Gasteiger partial charge on any atom is 0.272 e. The lowest BCUT2D eigenvalue weighted by molar-refractivity contribution is 0.0740. The van der Waals surface area contributed by atoms with E-state index in [1.165, 1.54) is 18.3 Å². The van der Waals surface area contributed by atoms with Crippen LogP contribution in [0.5, 0.6) is 0 Å². The van der Waals surface area contributed by atoms with E-state index in [9.17, 15) is 13.6 Å². The largest absolute Gasteiger partial charge is 0.337 e. The first-order valence-electron chi connectivity index (χ1n) is 8.97. The number of amides is 1. The van der Waals surface area contributed by atoms with Crippen LogP contribution in [0.25, 0.3) is 0 Å². The molecule has 0 bridgehead atoms. The summed E-state index contributed by atoms with van der Waals surface area (Å²) in [5, 5.41) is 2.50. The highest BCUT2D eigenvalue weighted by Gasteiger charge is 2.24. The van der Waals surface area contributed by atoms with Crippen molar-refractivity contribution < 1.29 is 13.6 Å². The molecular formula is C19H17F2N7O. The van der Waals surface area contributed by atoms with Crippen molar-refractivity contribution in [3.63, 3.8) is 0 Å². The average molecular weight is 397 g/mol. The van der Waals surface area contributed by atoms with Gasteiger partial charge in [0.15, 0.2) is 0 Å². The highest BCUT2D eigenvalue weighted by atomic mass is 19.1. The third kappa shape index (κ3) is 4.10. The maximum absolute atomic E-state index is 13.8. The average Bonchev–Trinajstić information content (AvgIpc) is 2.77. The summed E-state index contributed by atoms with van der Waals surface area (Å²) in [5.74, 6) is -1.26. The summed E-state index contributed by atoms with van der Waals surface area (Å²) in [6.07, 6.45) is 4.72. The molecule has 0 atom stereocenters. The van der Waals surface area contributed by atoms with E-state index in [0.717, 1.165) is 12.1 Å². The summed E-state index contributed by atoms with van der Waals surface area (Å²) in [5.41, 5.74) is -0.225. The minimum absolute atomic E-state index is 0.0591. The number of hydrogen-bond acceptors (Lipinski definition) is 7. The van der Waals surface area contributed by atoms with Crippen LogP contribution in [0.4, 0.5) is 26.4 Å². The second kappa shape index (κ2) is 8.13. The molecular weight excluding hydrogens is 380 g/mol. The molecule has 0 spiro atoms. The van der Waals surface area contributed by atoms with Gasteiger partial charge in [0, 0.05) is 44.8 Å². The van der Waals surface area contributed by atoms with Crippen LogP contribution in [-0.2, 0) is 0 Å². The lowest BCUT2D eigenvalue weighted by Gasteiger charge is -2.34. The Hall–Kier alpha value is -3.69. The van der Waals surface area contributed by atoms with Gasteiger partial charge >= 0.3 is 0 Å². The summed E-state index contributed by atoms with van der Waals surface area (Å²) in [6, 6.07) is 6.72. The topological polar surface area (TPSA) is 87.1 Å². The number of carbonyl (C=O) groups is 1. The van der Waals surface area contributed by atoms with E-state index >= 15 is 0 Å². The smallest absolute Gasteiger partial charge is 0.272 e. The molecule has 3 heterocycles. The van der Waals surface area contributed by atoms with Crippen molar-refractivity contribution in [3.05, 3.63) is 66.3 Å². The van der Waals surface area contributed by atoms with Gasteiger partial charge in [-0.05, 0) is 24.3 Å². The van der Waals surface area contributed by atoms with Gasteiger partial charge in [-0.1, -0.05) is 6.07 Å². The molecule has 10 heteroatoms. The molecule has 0 unspecified atom stereocenters. The fourth-order valence-corrected chi connectivity index (χ4v) is 2.99. The highest BCUT2D eigenvalue weighted by molar-refractivity contribution is 5.92. The number of para-hydroxylation sites is 1. The number of piperazine rings is 1. The van der Waals surface area contributed by atoms with E-state index in [1.807, 2.05) is 4.90 Å². The third-order valence-electron chi connectivity index (χ3n) is 4.48. The zero-order valence-corrected chi connectivity index (χ0v) is 15.3. The Morgan fingerprint density at radius 1 is 0.897 bits per heavy atom. The van der Waals surface area contributed by atoms with E-state index in [2.05, 4.69) is 25.3 Å². The van der Waals surface area contributed by atoms with Crippen LogP contribution in [0, 0.1) is 11.6 Å². The molecule has 1 aromatic carbocycles. The molecule has 2 aromatic heterocycles. The number of nitrogens with one attached hydrogen (secondary N) is 1. The fourth-order valence-electron chi connectivity index (χ4n) is 2.99. The van der Waals surface area contributed by atoms with Crippen LogP contribution in [0.3, 0.4) is 0 Å². The Bertz CT molecular complexity index is 990. The van der Waals surface area contributed by atoms with Crippen molar-refractivity contribution in [1.29, 1.82) is 0 Å². The number of nitrogens with zero attached hydrogens (tertiary/aromatic N) is 6. The minimum Gasteiger partial charge on any atom is -0.337 e. The van der Waals surface area contributed by atoms with Crippen molar-refractivity contribution in [2.24, 2.45) is 0 Å². The predicted octanol–water partition coefficient (Wildman–Crippen LogP) is 2.25. The van der Waals surface area contributed by atoms with Crippen LogP contribution in [0.1, 0.15) is 10.5 Å². The van der Waals surface area contributed by atoms with Crippen LogP contribution in [0.15, 0.2) is 48.9 Å². The van der Waals surface area contributed by atoms with Gasteiger partial charge in [-0.15, -0.1) is 0 Å². The van der Waals surface area contributed by atoms with Crippen LogP contribution in [0.2, 0.25) is 0 Å². The van der Waals surface area contributed by atoms with Crippen molar-refractivity contribution >= 4 is 23.5 Å². The number of carbonyl (C=O) groups excluding carboxylic acids is 1. The minimum atomic E-state index is -0.774. The zero-order chi connectivity index (χ0) is 20.2. The normalized spacial score (nSPS) is 14.0. The standard InChI is InChI=1S/C19H17F2N7O/c20-13-3-1-4-14(21)16(13)26-18-22-8-5-15(25-18)17(29)27-9-11-28(12-10-27)19-23-6-2-7-24-19/h1-8H,9-12H2,(H,22,25,26). The second-order valence-corrected chi connectivity index (χ2v) is 6.32. The van der Waals surface area contributed by atoms with Gasteiger partial charge < -0.3 is 15.1 Å². The Kier molecular flexibility index (Phi) is 5.23. The number of hydrogen-bond donors (Lipinski definition) is 1. The first-order valence-corrected chi connectivity index (χ1v) is 8.97. The first-order chi connectivity index (χ1) is 14.1. The fraction of sp³-hybridized carbons (Fsp3) is 0.211. The summed E-state index contributed by atoms with van der Waals surface area (Å²) in [7, 11) is 0. The third-order valence-corrected chi connectivity index (χ3v) is 4.48. The molecule has 0 saturated carbocycles. The molecule has 1 fully saturated rings. The number of rotatable bonds is 4. The molecule has 1 saturated heterocycles. The molecule has 1 aliphatic rings. The molecule has 0 aliphatic carbocycles. The van der Waals surface area contributed by atoms with E-state index < -0.39 is 11.6 Å². The van der Waals surface area contributed by atoms with Gasteiger partial charge in [-0.2, -0.15) is 0 Å². The Morgan fingerprint density at radius 3 is 2.28 bits per heavy atom. The van der Waals surface area contributed by atoms with Crippen molar-refractivity contribution in [2.45, 2.75) is 0 Å². The number of anilines is 3. The van der Waals surface area contributed by atoms with Gasteiger partial charge in [0.1, 0.15) is 23.0 Å². The molecule has 4 rings (SSSR count). The summed E-state index contributed by atoms with van der Waals surface area (Å²) in [6.45, 7) is 2.14. The van der Waals surface area contributed by atoms with Crippen molar-refractivity contribution in [1.82, 2.24) is 24.8 Å². The first kappa shape index (κ1) is 18.7. The molecule has 3 aromatic rings. The Labute approximate surface area is 165 Å². The van der Waals surface area contributed by atoms with E-state index in [-0.39, 0.29) is 23.2 Å². The Morgan fingerprint density at radius 2 is 1.59 bits per heavy atom. The summed E-state index contributed by atoms with van der Waals surface area (Å²) < 4.78 is 27.6. The Balaban J connectivity index is 1.44. The van der Waals surface area contributed by atoms with Crippen LogP contribution < -0.4 is 10.2 Å². The predicted molar refractivity (Wildman–Crippen MR) is 102 cm³/mol. The molecule has 1 aliphatic heterocycles. The van der Waals surface area contributed by atoms with E-state index in [1.54, 1.807) is 23.4 Å². The number of benzene rings is 1. The molecule has 1 amide bonds. The number of halogens is 2. The van der Waals surface area contributed by atoms with Gasteiger partial charge in [0.05, 0.1) is 0 Å². The van der Waals surface area contributed by atoms with Gasteiger partial charge in [-0.3, -0.25) is 4.79 Å². The van der Waals surface area contributed by atoms with Crippen LogP contribution >= 0.6 is 0 Å². The maximum atomic E-state index is 13.8. The van der Waals surface area contributed by atoms with Crippen molar-refractivity contribution in [2.75, 3.05) is 36.4 Å². The van der Waals surface area contributed by atoms with Gasteiger partial charge in [0.2, 0.25) is 11.9 Å². The molecule has 29 heavy (non-hydrogen) atoms. The number of aromatic nitrogens is 4. The van der Waals surface area contributed by atoms with E-state index in [4.69, 9.17) is 0 Å². The van der Waals surface area contributed by atoms with Gasteiger partial charge in [-0.25, -0.2) is 28.7 Å². The lowest BCUT2D eigenvalue weighted by Crippen LogP contribution is -2.49. The zero-order valence-electron chi connectivity index (χ0n) is 15.3. The second-order valence-electron chi connectivity index (χ2n) is 6.32. The van der Waals surface area contributed by atoms with Gasteiger partial charge in [0.25, 0.3) is 5.91 Å². The van der Waals surface area contributed by atoms with E-state index in [0.29, 0.717) is 32.1 Å². The molecule has 8 nitrogen and oxygen atoms in total. The molecule has 148 valence electrons. The molecule has 1 N–H and O–H groups in total. The molecule has 0 radical (unpaired) electrons. The summed E-state index contributed by atoms with van der Waals surface area (Å²) >= 11 is 0. The van der Waals surface area contributed by atoms with Crippen LogP contribution in [-0.4, -0.2) is 56.9 Å². The monoisotopic (exact) mass is 397 g/mol. The lowest BCUT2D eigenvalue weighted by atomic mass is 10.2. The van der Waals surface area contributed by atoms with Crippen molar-refractivity contribution in [3.8, 4) is 0 Å². The SMILES string of the molecule is O=C(c1ccnc(Nc2c(F)cccc2F)n1)N1CCN(c2ncccn2)CC1. The quantitative estimate of drug-likeness (QED) is 0.723. The highest BCUT2D eigenvalue weighted by Crippen LogP contribution is 2.21. The summed E-state index contributed by atoms with van der Waals surface area (Å²) in [4.78, 5) is 32.9.